The Hall–Kier alpha value is 1.43. The van der Waals surface area contributed by atoms with Crippen molar-refractivity contribution in [3.8, 4) is 0 Å². The molecule has 0 aliphatic heterocycles. The predicted molar refractivity (Wildman–Crippen MR) is 48.3 cm³/mol. The van der Waals surface area contributed by atoms with Crippen molar-refractivity contribution in [2.45, 2.75) is 57.5 Å². The van der Waals surface area contributed by atoms with Crippen molar-refractivity contribution in [3.63, 3.8) is 0 Å². The fraction of sp³-hybridized carbons (Fsp3) is 0.900. The van der Waals surface area contributed by atoms with E-state index in [1.165, 1.54) is 0 Å². The molecule has 0 heterocycles. The van der Waals surface area contributed by atoms with E-state index in [0.29, 0.717) is 6.42 Å². The molecule has 0 bridgehead atoms. The quantitative estimate of drug-likeness (QED) is 0.356. The summed E-state index contributed by atoms with van der Waals surface area (Å²) in [7, 11) is 0. The Kier molecular flexibility index (Phi) is 13.9. The van der Waals surface area contributed by atoms with Crippen LogP contribution in [0.5, 0.6) is 0 Å². The zero-order chi connectivity index (χ0) is 10.2. The van der Waals surface area contributed by atoms with Crippen molar-refractivity contribution in [1.29, 1.82) is 0 Å². The van der Waals surface area contributed by atoms with Gasteiger partial charge in [-0.05, 0) is 6.42 Å². The van der Waals surface area contributed by atoms with Crippen LogP contribution in [0.15, 0.2) is 0 Å². The monoisotopic (exact) mass is 234 g/mol. The van der Waals surface area contributed by atoms with Crippen LogP contribution in [0.3, 0.4) is 0 Å². The van der Waals surface area contributed by atoms with Crippen molar-refractivity contribution < 1.29 is 64.6 Å². The molecule has 0 unspecified atom stereocenters. The smallest absolute Gasteiger partial charge is 0.343 e. The summed E-state index contributed by atoms with van der Waals surface area (Å²) in [5, 5.41) is 0. The fourth-order valence-electron chi connectivity index (χ4n) is 1.21. The number of alkyl halides is 3. The second-order valence-electron chi connectivity index (χ2n) is 3.34. The molecule has 0 atom stereocenters. The zero-order valence-corrected chi connectivity index (χ0v) is 12.1. The average molecular weight is 234 g/mol. The number of hydrogen-bond donors (Lipinski definition) is 0. The first-order chi connectivity index (χ1) is 6.06. The number of unbranched alkanes of at least 4 members (excludes halogenated alkanes) is 6. The third-order valence-corrected chi connectivity index (χ3v) is 1.96. The molecule has 0 spiro atoms. The zero-order valence-electron chi connectivity index (χ0n) is 9.00. The largest absolute Gasteiger partial charge is 1.00 e. The molecule has 0 amide bonds. The van der Waals surface area contributed by atoms with Crippen molar-refractivity contribution in [2.24, 2.45) is 0 Å². The second-order valence-corrected chi connectivity index (χ2v) is 3.34. The first kappa shape index (κ1) is 17.8. The first-order valence-electron chi connectivity index (χ1n) is 4.92. The molecule has 0 aliphatic carbocycles. The molecule has 0 aromatic carbocycles. The van der Waals surface area contributed by atoms with Gasteiger partial charge in [-0.2, -0.15) is 19.6 Å². The summed E-state index contributed by atoms with van der Waals surface area (Å²) in [6, 6.07) is 0. The molecular weight excluding hydrogens is 216 g/mol. The van der Waals surface area contributed by atoms with Gasteiger partial charge in [0.2, 0.25) is 0 Å². The van der Waals surface area contributed by atoms with E-state index in [4.69, 9.17) is 0 Å². The van der Waals surface area contributed by atoms with Crippen molar-refractivity contribution in [1.82, 2.24) is 0 Å². The molecule has 0 aromatic heterocycles. The van der Waals surface area contributed by atoms with Gasteiger partial charge in [-0.15, -0.1) is 0 Å². The van der Waals surface area contributed by atoms with E-state index in [9.17, 15) is 13.2 Å². The molecule has 14 heavy (non-hydrogen) atoms. The van der Waals surface area contributed by atoms with E-state index in [1.54, 1.807) is 0 Å². The Balaban J connectivity index is 0. The van der Waals surface area contributed by atoms with Gasteiger partial charge in [0, 0.05) is 6.42 Å². The molecule has 80 valence electrons. The molecule has 0 aromatic rings. The van der Waals surface area contributed by atoms with Gasteiger partial charge in [-0.1, -0.05) is 32.1 Å². The summed E-state index contributed by atoms with van der Waals surface area (Å²) in [6.45, 7) is 3.70. The fourth-order valence-corrected chi connectivity index (χ4v) is 1.21. The van der Waals surface area contributed by atoms with Gasteiger partial charge < -0.3 is 6.92 Å². The molecule has 0 aliphatic rings. The Morgan fingerprint density at radius 1 is 0.786 bits per heavy atom. The van der Waals surface area contributed by atoms with Gasteiger partial charge in [0.1, 0.15) is 0 Å². The van der Waals surface area contributed by atoms with E-state index < -0.39 is 12.6 Å². The minimum atomic E-state index is -3.96. The van der Waals surface area contributed by atoms with Crippen molar-refractivity contribution >= 4 is 0 Å². The molecule has 4 heteroatoms. The van der Waals surface area contributed by atoms with Gasteiger partial charge in [-0.3, -0.25) is 0 Å². The standard InChI is InChI=1S/C10H18F3.K/c1-2-3-4-5-6-7-8-9-10(11,12)13;/h1-9H2;/q-1;+1. The normalized spacial score (nSPS) is 11.1. The third-order valence-electron chi connectivity index (χ3n) is 1.96. The van der Waals surface area contributed by atoms with Gasteiger partial charge in [0.25, 0.3) is 0 Å². The van der Waals surface area contributed by atoms with Crippen LogP contribution in [0.25, 0.3) is 0 Å². The van der Waals surface area contributed by atoms with Crippen LogP contribution in [0.1, 0.15) is 51.4 Å². The second kappa shape index (κ2) is 10.9. The summed E-state index contributed by atoms with van der Waals surface area (Å²) < 4.78 is 35.0. The molecule has 0 rings (SSSR count). The minimum Gasteiger partial charge on any atom is -0.343 e. The van der Waals surface area contributed by atoms with Crippen LogP contribution < -0.4 is 51.4 Å². The van der Waals surface area contributed by atoms with Gasteiger partial charge >= 0.3 is 57.6 Å². The van der Waals surface area contributed by atoms with Crippen molar-refractivity contribution in [3.05, 3.63) is 6.92 Å². The van der Waals surface area contributed by atoms with Crippen LogP contribution in [-0.4, -0.2) is 6.18 Å². The van der Waals surface area contributed by atoms with Gasteiger partial charge in [-0.25, -0.2) is 0 Å². The Morgan fingerprint density at radius 2 is 1.21 bits per heavy atom. The van der Waals surface area contributed by atoms with Crippen LogP contribution in [0, 0.1) is 6.92 Å². The third kappa shape index (κ3) is 15.9. The maximum atomic E-state index is 11.7. The van der Waals surface area contributed by atoms with Gasteiger partial charge in [0.05, 0.1) is 0 Å². The topological polar surface area (TPSA) is 0 Å². The van der Waals surface area contributed by atoms with Crippen LogP contribution >= 0.6 is 0 Å². The maximum absolute atomic E-state index is 11.7. The summed E-state index contributed by atoms with van der Waals surface area (Å²) in [6.07, 6.45) is 1.51. The predicted octanol–water partition coefficient (Wildman–Crippen LogP) is 1.51. The molecule has 0 nitrogen and oxygen atoms in total. The van der Waals surface area contributed by atoms with E-state index in [0.717, 1.165) is 32.1 Å². The maximum Gasteiger partial charge on any atom is 1.00 e. The summed E-state index contributed by atoms with van der Waals surface area (Å²) in [5.41, 5.74) is 0. The number of halogens is 3. The van der Waals surface area contributed by atoms with Crippen LogP contribution in [-0.2, 0) is 0 Å². The molecule has 0 radical (unpaired) electrons. The van der Waals surface area contributed by atoms with E-state index in [-0.39, 0.29) is 57.8 Å². The molecule has 0 saturated carbocycles. The summed E-state index contributed by atoms with van der Waals surface area (Å²) in [5.74, 6) is 0. The van der Waals surface area contributed by atoms with E-state index in [2.05, 4.69) is 6.92 Å². The molecule has 0 fully saturated rings. The van der Waals surface area contributed by atoms with E-state index >= 15 is 0 Å². The Morgan fingerprint density at radius 3 is 1.64 bits per heavy atom. The number of hydrogen-bond acceptors (Lipinski definition) is 0. The Labute approximate surface area is 127 Å². The summed E-state index contributed by atoms with van der Waals surface area (Å²) in [4.78, 5) is 0. The van der Waals surface area contributed by atoms with E-state index in [1.807, 2.05) is 0 Å². The minimum absolute atomic E-state index is 0. The molecule has 0 N–H and O–H groups in total. The average Bonchev–Trinajstić information content (AvgIpc) is 2.01. The summed E-state index contributed by atoms with van der Waals surface area (Å²) >= 11 is 0. The first-order valence-corrected chi connectivity index (χ1v) is 4.92. The molecule has 0 saturated heterocycles. The molecular formula is C10H18F3K. The number of rotatable bonds is 7. The van der Waals surface area contributed by atoms with Crippen molar-refractivity contribution in [2.75, 3.05) is 0 Å². The Bertz CT molecular complexity index is 112. The van der Waals surface area contributed by atoms with Crippen LogP contribution in [0.2, 0.25) is 0 Å². The van der Waals surface area contributed by atoms with Gasteiger partial charge in [0.15, 0.2) is 0 Å². The SMILES string of the molecule is [CH2-]CCCCCCCCC(F)(F)F.[K+]. The van der Waals surface area contributed by atoms with Crippen LogP contribution in [0.4, 0.5) is 13.2 Å².